The summed E-state index contributed by atoms with van der Waals surface area (Å²) < 4.78 is 0. The van der Waals surface area contributed by atoms with Crippen molar-refractivity contribution in [2.24, 2.45) is 5.73 Å². The fraction of sp³-hybridized carbons (Fsp3) is 1.00. The van der Waals surface area contributed by atoms with Gasteiger partial charge < -0.3 is 5.73 Å². The van der Waals surface area contributed by atoms with Gasteiger partial charge in [0.1, 0.15) is 0 Å². The molecular formula is C5H17NSi. The van der Waals surface area contributed by atoms with Crippen LogP contribution in [0.5, 0.6) is 0 Å². The van der Waals surface area contributed by atoms with Gasteiger partial charge in [-0.15, -0.1) is 0 Å². The molecule has 0 unspecified atom stereocenters. The van der Waals surface area contributed by atoms with E-state index in [4.69, 9.17) is 5.73 Å². The zero-order chi connectivity index (χ0) is 6.12. The maximum Gasteiger partial charge on any atom is -0.000585 e. The van der Waals surface area contributed by atoms with Crippen LogP contribution in [-0.4, -0.2) is 16.8 Å². The van der Waals surface area contributed by atoms with Crippen LogP contribution in [0.15, 0.2) is 0 Å². The zero-order valence-corrected chi connectivity index (χ0v) is 7.70. The average Bonchev–Trinajstić information content (AvgIpc) is 1.75. The Hall–Kier alpha value is 0.177. The fourth-order valence-corrected chi connectivity index (χ4v) is 0.204. The molecule has 0 bridgehead atoms. The van der Waals surface area contributed by atoms with Crippen molar-refractivity contribution in [2.45, 2.75) is 26.3 Å². The van der Waals surface area contributed by atoms with Gasteiger partial charge in [0.15, 0.2) is 0 Å². The first kappa shape index (κ1) is 10.2. The molecule has 0 aromatic rings. The largest absolute Gasteiger partial charge is 0.330 e. The summed E-state index contributed by atoms with van der Waals surface area (Å²) in [6.45, 7) is 5.11. The van der Waals surface area contributed by atoms with Gasteiger partial charge in [0.25, 0.3) is 0 Å². The van der Waals surface area contributed by atoms with Gasteiger partial charge in [-0.25, -0.2) is 0 Å². The van der Waals surface area contributed by atoms with Gasteiger partial charge in [-0.05, 0) is 23.2 Å². The molecule has 0 saturated carbocycles. The topological polar surface area (TPSA) is 26.0 Å². The van der Waals surface area contributed by atoms with E-state index >= 15 is 0 Å². The zero-order valence-electron chi connectivity index (χ0n) is 5.70. The minimum Gasteiger partial charge on any atom is -0.330 e. The van der Waals surface area contributed by atoms with Crippen LogP contribution in [0.25, 0.3) is 0 Å². The number of hydrogen-bond acceptors (Lipinski definition) is 1. The van der Waals surface area contributed by atoms with Crippen molar-refractivity contribution in [3.8, 4) is 0 Å². The van der Waals surface area contributed by atoms with Crippen LogP contribution >= 0.6 is 0 Å². The number of rotatable bonds is 2. The lowest BCUT2D eigenvalue weighted by Crippen LogP contribution is -1.95. The summed E-state index contributed by atoms with van der Waals surface area (Å²) in [5.41, 5.74) is 5.14. The van der Waals surface area contributed by atoms with Crippen LogP contribution in [0, 0.1) is 0 Å². The Morgan fingerprint density at radius 1 is 1.43 bits per heavy atom. The van der Waals surface area contributed by atoms with E-state index in [-0.39, 0.29) is 0 Å². The third-order valence-electron chi connectivity index (χ3n) is 0.558. The Balaban J connectivity index is 0. The number of unbranched alkanes of at least 4 members (excludes halogenated alkanes) is 1. The Bertz CT molecular complexity index is 15.6. The van der Waals surface area contributed by atoms with Crippen molar-refractivity contribution in [2.75, 3.05) is 6.54 Å². The van der Waals surface area contributed by atoms with Gasteiger partial charge in [0, 0.05) is 0 Å². The van der Waals surface area contributed by atoms with E-state index in [0.717, 1.165) is 6.54 Å². The van der Waals surface area contributed by atoms with E-state index in [0.29, 0.717) is 0 Å². The van der Waals surface area contributed by atoms with Gasteiger partial charge in [-0.3, -0.25) is 0 Å². The first-order valence-corrected chi connectivity index (χ1v) is 5.12. The van der Waals surface area contributed by atoms with Crippen LogP contribution in [0.1, 0.15) is 19.8 Å². The van der Waals surface area contributed by atoms with Gasteiger partial charge in [0.05, 0.1) is 0 Å². The maximum absolute atomic E-state index is 5.14. The molecule has 0 fully saturated rings. The first-order valence-electron chi connectivity index (χ1n) is 3.12. The molecule has 0 saturated heterocycles. The Morgan fingerprint density at radius 2 is 1.86 bits per heavy atom. The Kier molecular flexibility index (Phi) is 23.9. The molecule has 0 aromatic heterocycles. The Labute approximate surface area is 49.7 Å². The summed E-state index contributed by atoms with van der Waals surface area (Å²) in [5, 5.41) is 0. The monoisotopic (exact) mass is 119 g/mol. The Morgan fingerprint density at radius 3 is 1.86 bits per heavy atom. The molecule has 1 nitrogen and oxygen atoms in total. The van der Waals surface area contributed by atoms with Crippen LogP contribution in [0.2, 0.25) is 6.55 Å². The summed E-state index contributed by atoms with van der Waals surface area (Å²) in [6.07, 6.45) is 2.39. The molecule has 0 spiro atoms. The highest BCUT2D eigenvalue weighted by molar-refractivity contribution is 6.05. The van der Waals surface area contributed by atoms with Crippen molar-refractivity contribution in [3.05, 3.63) is 0 Å². The molecule has 7 heavy (non-hydrogen) atoms. The summed E-state index contributed by atoms with van der Waals surface area (Å²) in [6, 6.07) is 0. The van der Waals surface area contributed by atoms with Crippen molar-refractivity contribution in [1.82, 2.24) is 0 Å². The third kappa shape index (κ3) is 22.7. The minimum absolute atomic E-state index is 0.844. The van der Waals surface area contributed by atoms with Crippen LogP contribution in [-0.2, 0) is 0 Å². The van der Waals surface area contributed by atoms with E-state index in [2.05, 4.69) is 13.5 Å². The molecule has 0 rings (SSSR count). The molecule has 2 heteroatoms. The summed E-state index contributed by atoms with van der Waals surface area (Å²) >= 11 is 0. The smallest absolute Gasteiger partial charge is 0.000585 e. The molecule has 0 aliphatic rings. The molecular weight excluding hydrogens is 102 g/mol. The summed E-state index contributed by atoms with van der Waals surface area (Å²) in [5.74, 6) is 0. The third-order valence-corrected chi connectivity index (χ3v) is 0.558. The van der Waals surface area contributed by atoms with Crippen molar-refractivity contribution >= 4 is 10.2 Å². The van der Waals surface area contributed by atoms with Gasteiger partial charge in [0.2, 0.25) is 0 Å². The van der Waals surface area contributed by atoms with E-state index in [1.165, 1.54) is 23.1 Å². The number of hydrogen-bond donors (Lipinski definition) is 1. The highest BCUT2D eigenvalue weighted by Gasteiger charge is 1.67. The fourth-order valence-electron chi connectivity index (χ4n) is 0.204. The van der Waals surface area contributed by atoms with E-state index in [1.807, 2.05) is 0 Å². The van der Waals surface area contributed by atoms with Crippen LogP contribution in [0.4, 0.5) is 0 Å². The predicted molar refractivity (Wildman–Crippen MR) is 39.8 cm³/mol. The second-order valence-electron chi connectivity index (χ2n) is 1.14. The van der Waals surface area contributed by atoms with Crippen molar-refractivity contribution in [1.29, 1.82) is 0 Å². The maximum atomic E-state index is 5.14. The highest BCUT2D eigenvalue weighted by atomic mass is 28.1. The lowest BCUT2D eigenvalue weighted by atomic mass is 10.3. The molecule has 46 valence electrons. The summed E-state index contributed by atoms with van der Waals surface area (Å²) in [4.78, 5) is 0. The molecule has 0 heterocycles. The molecule has 0 radical (unpaired) electrons. The van der Waals surface area contributed by atoms with Crippen LogP contribution < -0.4 is 5.73 Å². The number of nitrogens with two attached hydrogens (primary N) is 1. The summed E-state index contributed by atoms with van der Waals surface area (Å²) in [7, 11) is 1.31. The predicted octanol–water partition coefficient (Wildman–Crippen LogP) is 0.145. The van der Waals surface area contributed by atoms with Gasteiger partial charge >= 0.3 is 0 Å². The molecule has 0 amide bonds. The first-order chi connectivity index (χ1) is 3.41. The molecule has 0 aromatic carbocycles. The van der Waals surface area contributed by atoms with Gasteiger partial charge in [-0.2, -0.15) is 0 Å². The molecule has 0 atom stereocenters. The minimum atomic E-state index is 0.844. The normalized spacial score (nSPS) is 7.29. The second kappa shape index (κ2) is 16.4. The lowest BCUT2D eigenvalue weighted by molar-refractivity contribution is 0.807. The van der Waals surface area contributed by atoms with E-state index in [9.17, 15) is 0 Å². The molecule has 2 N–H and O–H groups in total. The quantitative estimate of drug-likeness (QED) is 0.514. The molecule has 0 aliphatic heterocycles. The highest BCUT2D eigenvalue weighted by Crippen LogP contribution is 1.77. The van der Waals surface area contributed by atoms with Crippen molar-refractivity contribution in [3.63, 3.8) is 0 Å². The lowest BCUT2D eigenvalue weighted by Gasteiger charge is -1.80. The standard InChI is InChI=1S/C4H11N.CH6Si/c1-2-3-4-5;1-2/h2-5H2,1H3;1-2H3. The van der Waals surface area contributed by atoms with Crippen LogP contribution in [0.3, 0.4) is 0 Å². The van der Waals surface area contributed by atoms with Gasteiger partial charge in [-0.1, -0.05) is 19.9 Å². The SMILES string of the molecule is CCCCN.C[SiH3]. The second-order valence-corrected chi connectivity index (χ2v) is 1.14. The molecule has 0 aliphatic carbocycles. The van der Waals surface area contributed by atoms with Crippen molar-refractivity contribution < 1.29 is 0 Å². The van der Waals surface area contributed by atoms with E-state index in [1.54, 1.807) is 0 Å². The average molecular weight is 119 g/mol. The van der Waals surface area contributed by atoms with E-state index < -0.39 is 0 Å².